The fraction of sp³-hybridized carbons (Fsp3) is 0.737. The summed E-state index contributed by atoms with van der Waals surface area (Å²) in [5, 5.41) is 10.4. The molecule has 0 heterocycles. The lowest BCUT2D eigenvalue weighted by Gasteiger charge is -2.56. The van der Waals surface area contributed by atoms with Crippen LogP contribution in [0.25, 0.3) is 0 Å². The maximum absolute atomic E-state index is 11.7. The molecule has 3 saturated carbocycles. The van der Waals surface area contributed by atoms with Crippen molar-refractivity contribution in [1.29, 1.82) is 0 Å². The van der Waals surface area contributed by atoms with E-state index in [0.717, 1.165) is 25.2 Å². The van der Waals surface area contributed by atoms with Crippen molar-refractivity contribution in [3.05, 3.63) is 23.8 Å². The van der Waals surface area contributed by atoms with Gasteiger partial charge in [0.15, 0.2) is 5.78 Å². The van der Waals surface area contributed by atoms with E-state index in [2.05, 4.69) is 19.9 Å². The largest absolute Gasteiger partial charge is 0.393 e. The Balaban J connectivity index is 1.70. The lowest BCUT2D eigenvalue weighted by molar-refractivity contribution is -0.111. The van der Waals surface area contributed by atoms with Gasteiger partial charge in [-0.2, -0.15) is 0 Å². The summed E-state index contributed by atoms with van der Waals surface area (Å²) in [6.45, 7) is 4.66. The Kier molecular flexibility index (Phi) is 2.83. The zero-order valence-corrected chi connectivity index (χ0v) is 13.1. The molecule has 0 unspecified atom stereocenters. The lowest BCUT2D eigenvalue weighted by Crippen LogP contribution is -2.50. The highest BCUT2D eigenvalue weighted by atomic mass is 16.3. The van der Waals surface area contributed by atoms with Crippen molar-refractivity contribution in [3.8, 4) is 0 Å². The molecular weight excluding hydrogens is 260 g/mol. The van der Waals surface area contributed by atoms with Crippen LogP contribution in [0, 0.1) is 28.6 Å². The molecule has 0 aromatic rings. The number of aliphatic hydroxyl groups is 1. The molecule has 1 N–H and O–H groups in total. The monoisotopic (exact) mass is 286 g/mol. The van der Waals surface area contributed by atoms with E-state index in [9.17, 15) is 9.90 Å². The first-order chi connectivity index (χ1) is 9.95. The molecule has 3 fully saturated rings. The van der Waals surface area contributed by atoms with Crippen molar-refractivity contribution in [2.45, 2.75) is 58.5 Å². The number of aliphatic hydroxyl groups excluding tert-OH is 1. The Morgan fingerprint density at radius 1 is 1.14 bits per heavy atom. The van der Waals surface area contributed by atoms with Gasteiger partial charge in [0.1, 0.15) is 0 Å². The highest BCUT2D eigenvalue weighted by Gasteiger charge is 2.58. The van der Waals surface area contributed by atoms with Crippen molar-refractivity contribution >= 4 is 5.78 Å². The maximum Gasteiger partial charge on any atom is 0.178 e. The zero-order valence-electron chi connectivity index (χ0n) is 13.1. The standard InChI is InChI=1S/C19H26O2/c1-18-9-7-13(20)11-12(18)3-4-14-15-5-6-17(21)19(15,2)10-8-16(14)18/h7,9,11,14-17,21H,3-6,8,10H2,1-2H3/t14-,15+,16+,17-,18-,19-/m0/s1. The topological polar surface area (TPSA) is 37.3 Å². The predicted octanol–water partition coefficient (Wildman–Crippen LogP) is 3.66. The van der Waals surface area contributed by atoms with E-state index in [-0.39, 0.29) is 22.7 Å². The number of carbonyl (C=O) groups is 1. The summed E-state index contributed by atoms with van der Waals surface area (Å²) in [5.74, 6) is 2.22. The summed E-state index contributed by atoms with van der Waals surface area (Å²) >= 11 is 0. The molecule has 4 rings (SSSR count). The van der Waals surface area contributed by atoms with Crippen LogP contribution in [0.15, 0.2) is 23.8 Å². The molecular formula is C19H26O2. The van der Waals surface area contributed by atoms with E-state index in [1.807, 2.05) is 6.08 Å². The predicted molar refractivity (Wildman–Crippen MR) is 82.6 cm³/mol. The van der Waals surface area contributed by atoms with Crippen molar-refractivity contribution in [3.63, 3.8) is 0 Å². The molecule has 0 radical (unpaired) electrons. The van der Waals surface area contributed by atoms with Gasteiger partial charge in [-0.3, -0.25) is 4.79 Å². The van der Waals surface area contributed by atoms with Crippen LogP contribution < -0.4 is 0 Å². The number of rotatable bonds is 0. The SMILES string of the molecule is C[C@]12CC[C@@H]3[C@@H](CCC4=CC(=O)C=C[C@@]43C)[C@H]1CC[C@@H]2O. The Morgan fingerprint density at radius 2 is 1.95 bits per heavy atom. The number of ketones is 1. The van der Waals surface area contributed by atoms with Crippen LogP contribution in [-0.4, -0.2) is 17.0 Å². The van der Waals surface area contributed by atoms with E-state index in [1.54, 1.807) is 6.08 Å². The Hall–Kier alpha value is -0.890. The fourth-order valence-electron chi connectivity index (χ4n) is 6.17. The molecule has 114 valence electrons. The van der Waals surface area contributed by atoms with Crippen molar-refractivity contribution in [2.75, 3.05) is 0 Å². The third kappa shape index (κ3) is 1.72. The molecule has 6 atom stereocenters. The summed E-state index contributed by atoms with van der Waals surface area (Å²) in [7, 11) is 0. The van der Waals surface area contributed by atoms with Gasteiger partial charge in [0, 0.05) is 5.41 Å². The molecule has 2 nitrogen and oxygen atoms in total. The van der Waals surface area contributed by atoms with Crippen LogP contribution in [0.3, 0.4) is 0 Å². The highest BCUT2D eigenvalue weighted by Crippen LogP contribution is 2.64. The molecule has 0 aliphatic heterocycles. The average molecular weight is 286 g/mol. The number of fused-ring (bicyclic) bond motifs is 5. The van der Waals surface area contributed by atoms with Crippen LogP contribution >= 0.6 is 0 Å². The normalized spacial score (nSPS) is 52.0. The Morgan fingerprint density at radius 3 is 2.76 bits per heavy atom. The average Bonchev–Trinajstić information content (AvgIpc) is 2.76. The van der Waals surface area contributed by atoms with Gasteiger partial charge in [-0.15, -0.1) is 0 Å². The van der Waals surface area contributed by atoms with Gasteiger partial charge < -0.3 is 5.11 Å². The van der Waals surface area contributed by atoms with Crippen LogP contribution in [0.2, 0.25) is 0 Å². The molecule has 4 aliphatic rings. The fourth-order valence-corrected chi connectivity index (χ4v) is 6.17. The molecule has 4 aliphatic carbocycles. The molecule has 0 aromatic heterocycles. The van der Waals surface area contributed by atoms with Crippen molar-refractivity contribution in [2.24, 2.45) is 28.6 Å². The van der Waals surface area contributed by atoms with Crippen LogP contribution in [0.4, 0.5) is 0 Å². The number of hydrogen-bond acceptors (Lipinski definition) is 2. The van der Waals surface area contributed by atoms with Gasteiger partial charge >= 0.3 is 0 Å². The minimum Gasteiger partial charge on any atom is -0.393 e. The second-order valence-electron chi connectivity index (χ2n) is 8.24. The first kappa shape index (κ1) is 13.8. The van der Waals surface area contributed by atoms with E-state index in [1.165, 1.54) is 24.8 Å². The molecule has 0 aromatic carbocycles. The summed E-state index contributed by atoms with van der Waals surface area (Å²) in [6.07, 6.45) is 12.6. The van der Waals surface area contributed by atoms with Gasteiger partial charge in [0.2, 0.25) is 0 Å². The Labute approximate surface area is 127 Å². The summed E-state index contributed by atoms with van der Waals surface area (Å²) in [6, 6.07) is 0. The number of allylic oxidation sites excluding steroid dienone is 4. The van der Waals surface area contributed by atoms with E-state index < -0.39 is 0 Å². The van der Waals surface area contributed by atoms with E-state index in [0.29, 0.717) is 11.8 Å². The van der Waals surface area contributed by atoms with Crippen LogP contribution in [-0.2, 0) is 4.79 Å². The molecule has 0 spiro atoms. The smallest absolute Gasteiger partial charge is 0.178 e. The zero-order chi connectivity index (χ0) is 14.8. The van der Waals surface area contributed by atoms with Crippen LogP contribution in [0.5, 0.6) is 0 Å². The second-order valence-corrected chi connectivity index (χ2v) is 8.24. The van der Waals surface area contributed by atoms with Gasteiger partial charge in [-0.05, 0) is 73.8 Å². The molecule has 21 heavy (non-hydrogen) atoms. The van der Waals surface area contributed by atoms with Gasteiger partial charge in [0.05, 0.1) is 6.10 Å². The molecule has 0 saturated heterocycles. The third-order valence-corrected chi connectivity index (χ3v) is 7.51. The van der Waals surface area contributed by atoms with Gasteiger partial charge in [0.25, 0.3) is 0 Å². The minimum absolute atomic E-state index is 0.0890. The minimum atomic E-state index is -0.100. The number of carbonyl (C=O) groups excluding carboxylic acids is 1. The molecule has 0 bridgehead atoms. The third-order valence-electron chi connectivity index (χ3n) is 7.51. The Bertz CT molecular complexity index is 546. The second kappa shape index (κ2) is 4.32. The summed E-state index contributed by atoms with van der Waals surface area (Å²) in [4.78, 5) is 11.7. The van der Waals surface area contributed by atoms with Crippen molar-refractivity contribution < 1.29 is 9.90 Å². The van der Waals surface area contributed by atoms with Gasteiger partial charge in [-0.25, -0.2) is 0 Å². The van der Waals surface area contributed by atoms with E-state index in [4.69, 9.17) is 0 Å². The summed E-state index contributed by atoms with van der Waals surface area (Å²) < 4.78 is 0. The first-order valence-electron chi connectivity index (χ1n) is 8.57. The highest BCUT2D eigenvalue weighted by molar-refractivity contribution is 6.01. The number of hydrogen-bond donors (Lipinski definition) is 1. The van der Waals surface area contributed by atoms with Crippen molar-refractivity contribution in [1.82, 2.24) is 0 Å². The van der Waals surface area contributed by atoms with Gasteiger partial charge in [-0.1, -0.05) is 25.5 Å². The quantitative estimate of drug-likeness (QED) is 0.738. The maximum atomic E-state index is 11.7. The van der Waals surface area contributed by atoms with E-state index >= 15 is 0 Å². The molecule has 0 amide bonds. The first-order valence-corrected chi connectivity index (χ1v) is 8.57. The van der Waals surface area contributed by atoms with Crippen LogP contribution in [0.1, 0.15) is 52.4 Å². The summed E-state index contributed by atoms with van der Waals surface area (Å²) in [5.41, 5.74) is 1.59. The lowest BCUT2D eigenvalue weighted by atomic mass is 9.48. The molecule has 2 heteroatoms.